The van der Waals surface area contributed by atoms with Gasteiger partial charge in [0.25, 0.3) is 0 Å². The van der Waals surface area contributed by atoms with Crippen molar-refractivity contribution in [3.05, 3.63) is 24.3 Å². The Labute approximate surface area is 253 Å². The lowest BCUT2D eigenvalue weighted by Gasteiger charge is -2.61. The summed E-state index contributed by atoms with van der Waals surface area (Å²) in [7, 11) is -2.17. The zero-order valence-corrected chi connectivity index (χ0v) is 27.9. The summed E-state index contributed by atoms with van der Waals surface area (Å²) in [5, 5.41) is 23.6. The number of carbonyl (C=O) groups excluding carboxylic acids is 2. The third kappa shape index (κ3) is 6.10. The van der Waals surface area contributed by atoms with Crippen LogP contribution in [0.1, 0.15) is 73.6 Å². The second kappa shape index (κ2) is 12.1. The highest BCUT2D eigenvalue weighted by molar-refractivity contribution is 6.74. The molecule has 0 aromatic heterocycles. The standard InChI is InChI=1S/C33H52N2O6Si/c1-31(2,3)41-30(39)34-20-18-25-24-21-23(22-40-42(7,8)32(4,5)6)27(34)33(25)28(37)26(36)17-15-13-11-9-10-12-14-16-19-35(33)29(24)38/h10-13,23-28,36-37H,9,14,16,18-22H2,1-8H3/b12-10-,13-11-/t23-,24?,25+,26+,27+,28-,33+/m0/s1. The maximum atomic E-state index is 14.3. The first-order valence-electron chi connectivity index (χ1n) is 15.6. The molecule has 2 amide bonds. The lowest BCUT2D eigenvalue weighted by atomic mass is 9.57. The molecule has 42 heavy (non-hydrogen) atoms. The zero-order valence-electron chi connectivity index (χ0n) is 26.9. The van der Waals surface area contributed by atoms with E-state index in [4.69, 9.17) is 9.16 Å². The number of hydrogen-bond donors (Lipinski definition) is 2. The average Bonchev–Trinajstić information content (AvgIpc) is 3.04. The molecule has 2 N–H and O–H groups in total. The van der Waals surface area contributed by atoms with Crippen LogP contribution in [0.3, 0.4) is 0 Å². The number of aliphatic hydroxyl groups excluding tert-OH is 2. The van der Waals surface area contributed by atoms with Gasteiger partial charge in [0, 0.05) is 37.5 Å². The van der Waals surface area contributed by atoms with E-state index in [1.807, 2.05) is 31.7 Å². The summed E-state index contributed by atoms with van der Waals surface area (Å²) in [6, 6.07) is -0.594. The van der Waals surface area contributed by atoms with Gasteiger partial charge in [-0.25, -0.2) is 4.79 Å². The SMILES string of the molecule is CC(C)(C)OC(=O)N1CC[C@@H]2C3C[C@@H](CO[Si](C)(C)C(C)(C)C)[C@@H]1[C@@]21[C@@H](O)[C@H](O)C#C/C=C\C/C=C\CCCN1C3=O. The molecule has 4 bridgehead atoms. The molecule has 3 fully saturated rings. The minimum absolute atomic E-state index is 0.000967. The van der Waals surface area contributed by atoms with Crippen molar-refractivity contribution < 1.29 is 29.0 Å². The summed E-state index contributed by atoms with van der Waals surface area (Å²) in [4.78, 5) is 31.7. The maximum Gasteiger partial charge on any atom is 0.410 e. The summed E-state index contributed by atoms with van der Waals surface area (Å²) in [6.07, 6.45) is 7.88. The molecule has 9 heteroatoms. The number of allylic oxidation sites excluding steroid dienone is 4. The van der Waals surface area contributed by atoms with E-state index in [0.717, 1.165) is 12.8 Å². The van der Waals surface area contributed by atoms with Gasteiger partial charge in [-0.1, -0.05) is 50.8 Å². The fourth-order valence-corrected chi connectivity index (χ4v) is 8.31. The Morgan fingerprint density at radius 1 is 1.12 bits per heavy atom. The predicted molar refractivity (Wildman–Crippen MR) is 166 cm³/mol. The Morgan fingerprint density at radius 3 is 2.50 bits per heavy atom. The van der Waals surface area contributed by atoms with Gasteiger partial charge in [-0.2, -0.15) is 0 Å². The Morgan fingerprint density at radius 2 is 1.83 bits per heavy atom. The monoisotopic (exact) mass is 600 g/mol. The molecule has 234 valence electrons. The first kappa shape index (κ1) is 32.8. The quantitative estimate of drug-likeness (QED) is 0.272. The molecule has 1 saturated carbocycles. The van der Waals surface area contributed by atoms with Crippen LogP contribution in [0.5, 0.6) is 0 Å². The van der Waals surface area contributed by atoms with Crippen molar-refractivity contribution >= 4 is 20.3 Å². The minimum Gasteiger partial charge on any atom is -0.444 e. The van der Waals surface area contributed by atoms with Gasteiger partial charge < -0.3 is 29.2 Å². The van der Waals surface area contributed by atoms with Gasteiger partial charge in [0.2, 0.25) is 5.91 Å². The van der Waals surface area contributed by atoms with Gasteiger partial charge in [0.05, 0.1) is 11.6 Å². The van der Waals surface area contributed by atoms with Crippen LogP contribution < -0.4 is 0 Å². The molecule has 2 saturated heterocycles. The molecule has 3 aliphatic heterocycles. The summed E-state index contributed by atoms with van der Waals surface area (Å²) in [5.74, 6) is 4.95. The lowest BCUT2D eigenvalue weighted by molar-refractivity contribution is -0.169. The fraction of sp³-hybridized carbons (Fsp3) is 0.758. The molecule has 1 unspecified atom stereocenters. The third-order valence-electron chi connectivity index (χ3n) is 10.1. The van der Waals surface area contributed by atoms with Crippen LogP contribution in [0, 0.1) is 29.6 Å². The van der Waals surface area contributed by atoms with Gasteiger partial charge in [-0.05, 0) is 77.1 Å². The smallest absolute Gasteiger partial charge is 0.410 e. The van der Waals surface area contributed by atoms with Crippen molar-refractivity contribution in [2.24, 2.45) is 17.8 Å². The van der Waals surface area contributed by atoms with Crippen LogP contribution in [0.15, 0.2) is 24.3 Å². The third-order valence-corrected chi connectivity index (χ3v) is 14.6. The van der Waals surface area contributed by atoms with Gasteiger partial charge in [0.1, 0.15) is 17.8 Å². The van der Waals surface area contributed by atoms with Crippen LogP contribution in [-0.4, -0.2) is 89.4 Å². The van der Waals surface area contributed by atoms with Gasteiger partial charge in [-0.3, -0.25) is 4.79 Å². The van der Waals surface area contributed by atoms with Gasteiger partial charge in [-0.15, -0.1) is 0 Å². The average molecular weight is 601 g/mol. The number of amides is 2. The first-order chi connectivity index (χ1) is 19.5. The van der Waals surface area contributed by atoms with Crippen molar-refractivity contribution in [2.45, 2.75) is 121 Å². The van der Waals surface area contributed by atoms with Crippen molar-refractivity contribution in [1.82, 2.24) is 9.80 Å². The number of aliphatic hydroxyl groups is 2. The number of hydrogen-bond acceptors (Lipinski definition) is 6. The van der Waals surface area contributed by atoms with Crippen molar-refractivity contribution in [1.29, 1.82) is 0 Å². The zero-order chi connectivity index (χ0) is 31.1. The number of rotatable bonds is 3. The molecule has 4 aliphatic rings. The van der Waals surface area contributed by atoms with E-state index in [0.29, 0.717) is 39.0 Å². The minimum atomic E-state index is -2.17. The molecule has 4 rings (SSSR count). The number of ether oxygens (including phenoxy) is 1. The number of nitrogens with zero attached hydrogens (tertiary/aromatic N) is 2. The summed E-state index contributed by atoms with van der Waals surface area (Å²) in [6.45, 7) is 17.7. The molecule has 7 atom stereocenters. The number of piperidine rings is 1. The maximum absolute atomic E-state index is 14.3. The van der Waals surface area contributed by atoms with E-state index in [-0.39, 0.29) is 28.7 Å². The molecule has 0 aromatic rings. The fourth-order valence-electron chi connectivity index (χ4n) is 7.24. The highest BCUT2D eigenvalue weighted by Crippen LogP contribution is 2.59. The van der Waals surface area contributed by atoms with E-state index in [9.17, 15) is 19.8 Å². The second-order valence-corrected chi connectivity index (χ2v) is 19.8. The molecule has 1 aliphatic carbocycles. The normalized spacial score (nSPS) is 35.4. The molecule has 3 heterocycles. The van der Waals surface area contributed by atoms with E-state index in [1.54, 1.807) is 11.0 Å². The molecule has 8 nitrogen and oxygen atoms in total. The number of carbonyl (C=O) groups is 2. The van der Waals surface area contributed by atoms with Crippen LogP contribution in [0.4, 0.5) is 4.79 Å². The van der Waals surface area contributed by atoms with E-state index in [1.165, 1.54) is 0 Å². The van der Waals surface area contributed by atoms with E-state index < -0.39 is 43.8 Å². The molecule has 0 radical (unpaired) electrons. The highest BCUT2D eigenvalue weighted by Gasteiger charge is 2.73. The van der Waals surface area contributed by atoms with Crippen molar-refractivity contribution in [3.63, 3.8) is 0 Å². The summed E-state index contributed by atoms with van der Waals surface area (Å²) in [5.41, 5.74) is -1.92. The first-order valence-corrected chi connectivity index (χ1v) is 18.6. The Bertz CT molecular complexity index is 1140. The Hall–Kier alpha value is -2.12. The Balaban J connectivity index is 1.86. The van der Waals surface area contributed by atoms with Crippen LogP contribution in [0.25, 0.3) is 0 Å². The number of likely N-dealkylation sites (tertiary alicyclic amines) is 1. The van der Waals surface area contributed by atoms with Gasteiger partial charge in [0.15, 0.2) is 8.32 Å². The molecular weight excluding hydrogens is 548 g/mol. The topological polar surface area (TPSA) is 99.5 Å². The van der Waals surface area contributed by atoms with E-state index >= 15 is 0 Å². The van der Waals surface area contributed by atoms with Crippen LogP contribution in [-0.2, 0) is 14.0 Å². The van der Waals surface area contributed by atoms with E-state index in [2.05, 4.69) is 57.9 Å². The lowest BCUT2D eigenvalue weighted by Crippen LogP contribution is -2.77. The largest absolute Gasteiger partial charge is 0.444 e. The van der Waals surface area contributed by atoms with Crippen LogP contribution >= 0.6 is 0 Å². The van der Waals surface area contributed by atoms with Gasteiger partial charge >= 0.3 is 6.09 Å². The van der Waals surface area contributed by atoms with Crippen molar-refractivity contribution in [3.8, 4) is 11.8 Å². The van der Waals surface area contributed by atoms with Crippen LogP contribution in [0.2, 0.25) is 18.1 Å². The summed E-state index contributed by atoms with van der Waals surface area (Å²) < 4.78 is 12.7. The second-order valence-electron chi connectivity index (χ2n) is 15.0. The predicted octanol–water partition coefficient (Wildman–Crippen LogP) is 4.87. The molecular formula is C33H52N2O6Si. The van der Waals surface area contributed by atoms with Crippen molar-refractivity contribution in [2.75, 3.05) is 19.7 Å². The molecule has 0 aromatic carbocycles. The summed E-state index contributed by atoms with van der Waals surface area (Å²) >= 11 is 0. The highest BCUT2D eigenvalue weighted by atomic mass is 28.4. The Kier molecular flexibility index (Phi) is 9.45. The molecule has 1 spiro atoms.